The van der Waals surface area contributed by atoms with Gasteiger partial charge in [0.1, 0.15) is 5.60 Å². The number of ether oxygens (including phenoxy) is 2. The number of morpholine rings is 1. The largest absolute Gasteiger partial charge is 0.480 e. The Kier molecular flexibility index (Phi) is 3.93. The number of likely N-dealkylation sites (tertiary alicyclic amines) is 1. The van der Waals surface area contributed by atoms with Gasteiger partial charge >= 0.3 is 12.1 Å². The number of rotatable bonds is 2. The fourth-order valence-corrected chi connectivity index (χ4v) is 2.50. The summed E-state index contributed by atoms with van der Waals surface area (Å²) >= 11 is 0. The quantitative estimate of drug-likeness (QED) is 0.791. The van der Waals surface area contributed by atoms with E-state index in [9.17, 15) is 14.7 Å². The average molecular weight is 286 g/mol. The van der Waals surface area contributed by atoms with Gasteiger partial charge in [-0.25, -0.2) is 4.79 Å². The third-order valence-electron chi connectivity index (χ3n) is 3.57. The van der Waals surface area contributed by atoms with E-state index in [4.69, 9.17) is 9.47 Å². The molecule has 0 aromatic rings. The monoisotopic (exact) mass is 286 g/mol. The molecule has 0 aromatic heterocycles. The molecule has 0 radical (unpaired) electrons. The summed E-state index contributed by atoms with van der Waals surface area (Å²) in [5.74, 6) is -0.890. The van der Waals surface area contributed by atoms with Crippen molar-refractivity contribution >= 4 is 12.1 Å². The number of hydrogen-bond acceptors (Lipinski definition) is 5. The maximum atomic E-state index is 11.9. The molecule has 0 aromatic carbocycles. The highest BCUT2D eigenvalue weighted by molar-refractivity contribution is 5.84. The number of aliphatic carboxylic acids is 1. The Balaban J connectivity index is 1.98. The van der Waals surface area contributed by atoms with Crippen LogP contribution < -0.4 is 0 Å². The minimum absolute atomic E-state index is 0.164. The van der Waals surface area contributed by atoms with Gasteiger partial charge in [0.2, 0.25) is 0 Å². The minimum atomic E-state index is -0.985. The SMILES string of the molecule is CC(C)(C)OC(=O)N1CC(C(=O)O)(N2CCOCC2)C1. The topological polar surface area (TPSA) is 79.3 Å². The molecule has 0 bridgehead atoms. The number of nitrogens with zero attached hydrogens (tertiary/aromatic N) is 2. The number of carboxylic acids is 1. The summed E-state index contributed by atoms with van der Waals surface area (Å²) in [7, 11) is 0. The number of carboxylic acid groups (broad SMARTS) is 1. The van der Waals surface area contributed by atoms with Crippen molar-refractivity contribution in [1.29, 1.82) is 0 Å². The summed E-state index contributed by atoms with van der Waals surface area (Å²) in [5.41, 5.74) is -1.56. The molecule has 2 aliphatic heterocycles. The molecule has 0 unspecified atom stereocenters. The van der Waals surface area contributed by atoms with Gasteiger partial charge in [-0.2, -0.15) is 0 Å². The molecule has 0 saturated carbocycles. The predicted octanol–water partition coefficient (Wildman–Crippen LogP) is 0.393. The van der Waals surface area contributed by atoms with Crippen molar-refractivity contribution < 1.29 is 24.2 Å². The van der Waals surface area contributed by atoms with E-state index in [2.05, 4.69) is 0 Å². The molecule has 2 heterocycles. The number of amides is 1. The van der Waals surface area contributed by atoms with E-state index < -0.39 is 23.2 Å². The first-order valence-corrected chi connectivity index (χ1v) is 6.79. The van der Waals surface area contributed by atoms with Crippen LogP contribution in [0.5, 0.6) is 0 Å². The summed E-state index contributed by atoms with van der Waals surface area (Å²) < 4.78 is 10.5. The van der Waals surface area contributed by atoms with Gasteiger partial charge in [0.15, 0.2) is 5.54 Å². The first-order chi connectivity index (χ1) is 9.24. The molecule has 0 spiro atoms. The van der Waals surface area contributed by atoms with Gasteiger partial charge in [-0.15, -0.1) is 0 Å². The first kappa shape index (κ1) is 15.1. The average Bonchev–Trinajstić information content (AvgIpc) is 2.26. The van der Waals surface area contributed by atoms with Gasteiger partial charge in [-0.1, -0.05) is 0 Å². The highest BCUT2D eigenvalue weighted by Crippen LogP contribution is 2.30. The molecule has 114 valence electrons. The molecular weight excluding hydrogens is 264 g/mol. The van der Waals surface area contributed by atoms with Gasteiger partial charge in [0.05, 0.1) is 26.3 Å². The Morgan fingerprint density at radius 3 is 2.20 bits per heavy atom. The standard InChI is InChI=1S/C13H22N2O5/c1-12(2,3)20-11(18)14-8-13(9-14,10(16)17)15-4-6-19-7-5-15/h4-9H2,1-3H3,(H,16,17). The number of carbonyl (C=O) groups excluding carboxylic acids is 1. The van der Waals surface area contributed by atoms with Crippen molar-refractivity contribution in [3.8, 4) is 0 Å². The second-order valence-electron chi connectivity index (χ2n) is 6.27. The van der Waals surface area contributed by atoms with Gasteiger partial charge in [0, 0.05) is 13.1 Å². The van der Waals surface area contributed by atoms with Gasteiger partial charge in [-0.3, -0.25) is 9.69 Å². The molecule has 2 aliphatic rings. The Morgan fingerprint density at radius 2 is 1.75 bits per heavy atom. The third kappa shape index (κ3) is 2.88. The van der Waals surface area contributed by atoms with Gasteiger partial charge in [-0.05, 0) is 20.8 Å². The van der Waals surface area contributed by atoms with E-state index in [1.807, 2.05) is 4.90 Å². The van der Waals surface area contributed by atoms with Crippen LogP contribution >= 0.6 is 0 Å². The Labute approximate surface area is 118 Å². The molecule has 20 heavy (non-hydrogen) atoms. The highest BCUT2D eigenvalue weighted by atomic mass is 16.6. The van der Waals surface area contributed by atoms with Crippen LogP contribution in [0, 0.1) is 0 Å². The van der Waals surface area contributed by atoms with E-state index in [1.54, 1.807) is 20.8 Å². The first-order valence-electron chi connectivity index (χ1n) is 6.79. The van der Waals surface area contributed by atoms with Crippen LogP contribution in [0.15, 0.2) is 0 Å². The maximum Gasteiger partial charge on any atom is 0.410 e. The summed E-state index contributed by atoms with van der Waals surface area (Å²) in [6, 6.07) is 0. The second-order valence-corrected chi connectivity index (χ2v) is 6.27. The molecule has 1 N–H and O–H groups in total. The van der Waals surface area contributed by atoms with Crippen LogP contribution in [0.4, 0.5) is 4.79 Å². The molecule has 0 atom stereocenters. The van der Waals surface area contributed by atoms with Crippen molar-refractivity contribution in [3.63, 3.8) is 0 Å². The summed E-state index contributed by atoms with van der Waals surface area (Å²) in [5, 5.41) is 9.51. The van der Waals surface area contributed by atoms with Gasteiger partial charge < -0.3 is 19.5 Å². The Hall–Kier alpha value is -1.34. The lowest BCUT2D eigenvalue weighted by Gasteiger charge is -2.53. The van der Waals surface area contributed by atoms with Crippen molar-refractivity contribution in [2.45, 2.75) is 31.9 Å². The van der Waals surface area contributed by atoms with E-state index in [1.165, 1.54) is 4.90 Å². The minimum Gasteiger partial charge on any atom is -0.480 e. The maximum absolute atomic E-state index is 11.9. The summed E-state index contributed by atoms with van der Waals surface area (Å²) in [6.07, 6.45) is -0.456. The summed E-state index contributed by atoms with van der Waals surface area (Å²) in [4.78, 5) is 26.8. The zero-order valence-electron chi connectivity index (χ0n) is 12.2. The van der Waals surface area contributed by atoms with Crippen LogP contribution in [0.25, 0.3) is 0 Å². The zero-order chi connectivity index (χ0) is 15.0. The number of hydrogen-bond donors (Lipinski definition) is 1. The van der Waals surface area contributed by atoms with Crippen LogP contribution in [0.2, 0.25) is 0 Å². The molecule has 7 nitrogen and oxygen atoms in total. The van der Waals surface area contributed by atoms with Crippen molar-refractivity contribution in [3.05, 3.63) is 0 Å². The Morgan fingerprint density at radius 1 is 1.20 bits per heavy atom. The smallest absolute Gasteiger partial charge is 0.410 e. The van der Waals surface area contributed by atoms with E-state index in [0.29, 0.717) is 26.3 Å². The predicted molar refractivity (Wildman–Crippen MR) is 70.6 cm³/mol. The van der Waals surface area contributed by atoms with Crippen molar-refractivity contribution in [2.24, 2.45) is 0 Å². The molecule has 2 rings (SSSR count). The van der Waals surface area contributed by atoms with Crippen LogP contribution in [0.1, 0.15) is 20.8 Å². The zero-order valence-corrected chi connectivity index (χ0v) is 12.2. The molecule has 0 aliphatic carbocycles. The fourth-order valence-electron chi connectivity index (χ4n) is 2.50. The third-order valence-corrected chi connectivity index (χ3v) is 3.57. The van der Waals surface area contributed by atoms with Crippen LogP contribution in [0.3, 0.4) is 0 Å². The van der Waals surface area contributed by atoms with Gasteiger partial charge in [0.25, 0.3) is 0 Å². The second kappa shape index (κ2) is 5.21. The molecular formula is C13H22N2O5. The number of carbonyl (C=O) groups is 2. The van der Waals surface area contributed by atoms with Crippen LogP contribution in [-0.2, 0) is 14.3 Å². The normalized spacial score (nSPS) is 23.1. The van der Waals surface area contributed by atoms with Crippen molar-refractivity contribution in [1.82, 2.24) is 9.80 Å². The van der Waals surface area contributed by atoms with Crippen molar-refractivity contribution in [2.75, 3.05) is 39.4 Å². The lowest BCUT2D eigenvalue weighted by Crippen LogP contribution is -2.76. The lowest BCUT2D eigenvalue weighted by atomic mass is 9.87. The summed E-state index contributed by atoms with van der Waals surface area (Å²) in [6.45, 7) is 7.91. The molecule has 1 amide bonds. The lowest BCUT2D eigenvalue weighted by molar-refractivity contribution is -0.169. The fraction of sp³-hybridized carbons (Fsp3) is 0.846. The van der Waals surface area contributed by atoms with E-state index in [-0.39, 0.29) is 13.1 Å². The van der Waals surface area contributed by atoms with E-state index in [0.717, 1.165) is 0 Å². The van der Waals surface area contributed by atoms with E-state index >= 15 is 0 Å². The molecule has 2 fully saturated rings. The van der Waals surface area contributed by atoms with Crippen LogP contribution in [-0.4, -0.2) is 77.5 Å². The molecule has 7 heteroatoms. The Bertz CT molecular complexity index is 392. The highest BCUT2D eigenvalue weighted by Gasteiger charge is 2.56. The molecule has 2 saturated heterocycles.